The number of nitrogens with zero attached hydrogens (tertiary/aromatic N) is 3. The van der Waals surface area contributed by atoms with E-state index in [9.17, 15) is 4.39 Å². The van der Waals surface area contributed by atoms with Gasteiger partial charge < -0.3 is 15.8 Å². The highest BCUT2D eigenvalue weighted by Crippen LogP contribution is 2.25. The van der Waals surface area contributed by atoms with Crippen molar-refractivity contribution in [3.63, 3.8) is 0 Å². The third kappa shape index (κ3) is 4.54. The Bertz CT molecular complexity index is 889. The van der Waals surface area contributed by atoms with E-state index < -0.39 is 5.82 Å². The van der Waals surface area contributed by atoms with Crippen molar-refractivity contribution in [3.05, 3.63) is 64.7 Å². The summed E-state index contributed by atoms with van der Waals surface area (Å²) in [5, 5.41) is 3.22. The van der Waals surface area contributed by atoms with Gasteiger partial charge in [-0.05, 0) is 37.3 Å². The van der Waals surface area contributed by atoms with Crippen molar-refractivity contribution in [2.45, 2.75) is 13.5 Å². The second kappa shape index (κ2) is 7.31. The molecule has 25 heavy (non-hydrogen) atoms. The molecule has 128 valence electrons. The van der Waals surface area contributed by atoms with Gasteiger partial charge in [-0.15, -0.1) is 0 Å². The van der Waals surface area contributed by atoms with Crippen molar-refractivity contribution in [2.24, 2.45) is 0 Å². The summed E-state index contributed by atoms with van der Waals surface area (Å²) in [6.07, 6.45) is 0. The van der Waals surface area contributed by atoms with Gasteiger partial charge in [0.15, 0.2) is 5.82 Å². The van der Waals surface area contributed by atoms with Crippen LogP contribution < -0.4 is 15.8 Å². The Morgan fingerprint density at radius 2 is 1.88 bits per heavy atom. The van der Waals surface area contributed by atoms with E-state index in [2.05, 4.69) is 20.3 Å². The first-order chi connectivity index (χ1) is 12.0. The van der Waals surface area contributed by atoms with E-state index in [-0.39, 0.29) is 17.6 Å². The minimum Gasteiger partial charge on any atom is -0.484 e. The summed E-state index contributed by atoms with van der Waals surface area (Å²) >= 11 is 5.92. The molecule has 0 saturated heterocycles. The molecule has 3 N–H and O–H groups in total. The molecular weight excluding hydrogens is 345 g/mol. The van der Waals surface area contributed by atoms with Crippen LogP contribution in [-0.2, 0) is 6.61 Å². The maximum atomic E-state index is 13.1. The van der Waals surface area contributed by atoms with Gasteiger partial charge in [0, 0.05) is 5.69 Å². The molecule has 3 aromatic rings. The summed E-state index contributed by atoms with van der Waals surface area (Å²) in [7, 11) is 0. The van der Waals surface area contributed by atoms with E-state index in [0.29, 0.717) is 17.5 Å². The second-order valence-electron chi connectivity index (χ2n) is 5.29. The third-order valence-electron chi connectivity index (χ3n) is 3.26. The van der Waals surface area contributed by atoms with E-state index in [4.69, 9.17) is 22.1 Å². The van der Waals surface area contributed by atoms with Gasteiger partial charge in [0.05, 0.1) is 5.02 Å². The molecule has 0 spiro atoms. The van der Waals surface area contributed by atoms with Gasteiger partial charge in [-0.25, -0.2) is 4.39 Å². The molecule has 0 unspecified atom stereocenters. The lowest BCUT2D eigenvalue weighted by molar-refractivity contribution is 0.295. The van der Waals surface area contributed by atoms with Crippen LogP contribution in [0, 0.1) is 12.7 Å². The van der Waals surface area contributed by atoms with Crippen LogP contribution in [0.25, 0.3) is 0 Å². The number of anilines is 3. The lowest BCUT2D eigenvalue weighted by atomic mass is 10.2. The predicted molar refractivity (Wildman–Crippen MR) is 94.4 cm³/mol. The molecule has 1 aromatic heterocycles. The average molecular weight is 360 g/mol. The molecule has 0 bridgehead atoms. The van der Waals surface area contributed by atoms with Crippen LogP contribution in [0.4, 0.5) is 22.0 Å². The van der Waals surface area contributed by atoms with E-state index in [1.54, 1.807) is 0 Å². The molecule has 0 aliphatic carbocycles. The number of nitrogens with one attached hydrogen (secondary N) is 1. The van der Waals surface area contributed by atoms with Crippen LogP contribution in [0.5, 0.6) is 5.75 Å². The normalized spacial score (nSPS) is 10.5. The highest BCUT2D eigenvalue weighted by atomic mass is 35.5. The molecule has 3 rings (SSSR count). The highest BCUT2D eigenvalue weighted by molar-refractivity contribution is 6.32. The number of rotatable bonds is 5. The summed E-state index contributed by atoms with van der Waals surface area (Å²) in [6.45, 7) is 2.02. The lowest BCUT2D eigenvalue weighted by Crippen LogP contribution is -2.09. The monoisotopic (exact) mass is 359 g/mol. The molecule has 0 saturated carbocycles. The van der Waals surface area contributed by atoms with Crippen LogP contribution in [0.15, 0.2) is 42.5 Å². The molecule has 0 fully saturated rings. The fourth-order valence-electron chi connectivity index (χ4n) is 2.06. The minimum absolute atomic E-state index is 0.0145. The Hall–Kier alpha value is -2.93. The molecule has 0 radical (unpaired) electrons. The maximum absolute atomic E-state index is 13.1. The third-order valence-corrected chi connectivity index (χ3v) is 3.55. The number of ether oxygens (including phenoxy) is 1. The summed E-state index contributed by atoms with van der Waals surface area (Å²) in [5.41, 5.74) is 7.69. The molecule has 2 aromatic carbocycles. The first kappa shape index (κ1) is 16.9. The maximum Gasteiger partial charge on any atom is 0.232 e. The molecular formula is C17H15ClFN5O. The first-order valence-electron chi connectivity index (χ1n) is 7.41. The largest absolute Gasteiger partial charge is 0.484 e. The van der Waals surface area contributed by atoms with Gasteiger partial charge in [-0.3, -0.25) is 0 Å². The van der Waals surface area contributed by atoms with E-state index in [1.807, 2.05) is 31.2 Å². The molecule has 0 aliphatic heterocycles. The van der Waals surface area contributed by atoms with E-state index >= 15 is 0 Å². The number of aromatic nitrogens is 3. The number of benzene rings is 2. The van der Waals surface area contributed by atoms with Gasteiger partial charge in [0.25, 0.3) is 0 Å². The second-order valence-corrected chi connectivity index (χ2v) is 5.70. The standard InChI is InChI=1S/C17H15ClFN5O/c1-10-2-5-12(6-3-10)21-17-23-15(22-16(20)24-17)9-25-14-7-4-11(19)8-13(14)18/h2-8H,9H2,1H3,(H3,20,21,22,23,24). The summed E-state index contributed by atoms with van der Waals surface area (Å²) in [4.78, 5) is 12.3. The molecule has 0 amide bonds. The summed E-state index contributed by atoms with van der Waals surface area (Å²) < 4.78 is 18.6. The van der Waals surface area contributed by atoms with Crippen molar-refractivity contribution < 1.29 is 9.13 Å². The zero-order valence-electron chi connectivity index (χ0n) is 13.3. The van der Waals surface area contributed by atoms with Gasteiger partial charge in [-0.2, -0.15) is 15.0 Å². The lowest BCUT2D eigenvalue weighted by Gasteiger charge is -2.09. The zero-order chi connectivity index (χ0) is 17.8. The Kier molecular flexibility index (Phi) is 4.95. The number of hydrogen-bond donors (Lipinski definition) is 2. The van der Waals surface area contributed by atoms with Crippen molar-refractivity contribution in [1.82, 2.24) is 15.0 Å². The van der Waals surface area contributed by atoms with Crippen molar-refractivity contribution >= 4 is 29.2 Å². The fraction of sp³-hybridized carbons (Fsp3) is 0.118. The summed E-state index contributed by atoms with van der Waals surface area (Å²) in [5.74, 6) is 0.581. The average Bonchev–Trinajstić information content (AvgIpc) is 2.56. The topological polar surface area (TPSA) is 86.0 Å². The Labute approximate surface area is 148 Å². The quantitative estimate of drug-likeness (QED) is 0.719. The van der Waals surface area contributed by atoms with E-state index in [0.717, 1.165) is 11.3 Å². The zero-order valence-corrected chi connectivity index (χ0v) is 14.1. The molecule has 8 heteroatoms. The molecule has 0 atom stereocenters. The number of halogens is 2. The highest BCUT2D eigenvalue weighted by Gasteiger charge is 2.08. The Morgan fingerprint density at radius 1 is 1.12 bits per heavy atom. The van der Waals surface area contributed by atoms with Crippen LogP contribution in [-0.4, -0.2) is 15.0 Å². The Morgan fingerprint density at radius 3 is 2.60 bits per heavy atom. The van der Waals surface area contributed by atoms with Crippen LogP contribution >= 0.6 is 11.6 Å². The Balaban J connectivity index is 1.73. The first-order valence-corrected chi connectivity index (χ1v) is 7.79. The van der Waals surface area contributed by atoms with E-state index in [1.165, 1.54) is 18.2 Å². The van der Waals surface area contributed by atoms with Crippen molar-refractivity contribution in [3.8, 4) is 5.75 Å². The number of nitrogen functional groups attached to an aromatic ring is 1. The minimum atomic E-state index is -0.439. The van der Waals surface area contributed by atoms with Crippen LogP contribution in [0.1, 0.15) is 11.4 Å². The van der Waals surface area contributed by atoms with Gasteiger partial charge in [0.2, 0.25) is 11.9 Å². The van der Waals surface area contributed by atoms with Crippen LogP contribution in [0.3, 0.4) is 0 Å². The van der Waals surface area contributed by atoms with Gasteiger partial charge >= 0.3 is 0 Å². The number of aryl methyl sites for hydroxylation is 1. The van der Waals surface area contributed by atoms with Crippen LogP contribution in [0.2, 0.25) is 5.02 Å². The molecule has 6 nitrogen and oxygen atoms in total. The predicted octanol–water partition coefficient (Wildman–Crippen LogP) is 3.88. The fourth-order valence-corrected chi connectivity index (χ4v) is 2.28. The summed E-state index contributed by atoms with van der Waals surface area (Å²) in [6, 6.07) is 11.6. The van der Waals surface area contributed by atoms with Crippen molar-refractivity contribution in [2.75, 3.05) is 11.1 Å². The van der Waals surface area contributed by atoms with Crippen molar-refractivity contribution in [1.29, 1.82) is 0 Å². The molecule has 0 aliphatic rings. The molecule has 1 heterocycles. The number of hydrogen-bond acceptors (Lipinski definition) is 6. The number of nitrogens with two attached hydrogens (primary N) is 1. The smallest absolute Gasteiger partial charge is 0.232 e. The SMILES string of the molecule is Cc1ccc(Nc2nc(N)nc(COc3ccc(F)cc3Cl)n2)cc1. The van der Waals surface area contributed by atoms with Gasteiger partial charge in [-0.1, -0.05) is 29.3 Å². The van der Waals surface area contributed by atoms with Gasteiger partial charge in [0.1, 0.15) is 18.2 Å².